The number of aryl methyl sites for hydroxylation is 1. The van der Waals surface area contributed by atoms with E-state index in [9.17, 15) is 4.79 Å². The lowest BCUT2D eigenvalue weighted by Gasteiger charge is -2.14. The quantitative estimate of drug-likeness (QED) is 0.165. The highest BCUT2D eigenvalue weighted by molar-refractivity contribution is 6.36. The SMILES string of the molecule is CC(=C1C(=O)Nc2ccc(-c3c(OCCCc4c[nH]c5ccccc45)ccnc3N)cc21)c1ccc[nH]1. The fourth-order valence-electron chi connectivity index (χ4n) is 5.05. The number of carbonyl (C=O) groups excluding carboxylic acids is 1. The molecule has 0 spiro atoms. The molecule has 4 heterocycles. The second-order valence-electron chi connectivity index (χ2n) is 9.18. The molecule has 5 N–H and O–H groups in total. The number of carbonyl (C=O) groups is 1. The largest absolute Gasteiger partial charge is 0.493 e. The van der Waals surface area contributed by atoms with Crippen LogP contribution in [-0.2, 0) is 11.2 Å². The number of anilines is 2. The van der Waals surface area contributed by atoms with E-state index in [-0.39, 0.29) is 5.91 Å². The van der Waals surface area contributed by atoms with Gasteiger partial charge in [-0.3, -0.25) is 4.79 Å². The molecule has 184 valence electrons. The average Bonchev–Trinajstić information content (AvgIpc) is 3.65. The molecule has 37 heavy (non-hydrogen) atoms. The van der Waals surface area contributed by atoms with Crippen molar-refractivity contribution in [3.8, 4) is 16.9 Å². The third kappa shape index (κ3) is 4.14. The minimum absolute atomic E-state index is 0.118. The maximum atomic E-state index is 12.9. The van der Waals surface area contributed by atoms with Gasteiger partial charge in [-0.05, 0) is 72.9 Å². The van der Waals surface area contributed by atoms with E-state index < -0.39 is 0 Å². The number of nitrogens with one attached hydrogen (secondary N) is 3. The highest BCUT2D eigenvalue weighted by atomic mass is 16.5. The van der Waals surface area contributed by atoms with Gasteiger partial charge in [0.2, 0.25) is 0 Å². The Morgan fingerprint density at radius 1 is 1.05 bits per heavy atom. The van der Waals surface area contributed by atoms with Gasteiger partial charge in [0.25, 0.3) is 5.91 Å². The number of benzene rings is 2. The molecule has 2 aromatic carbocycles. The molecule has 1 aliphatic heterocycles. The molecule has 7 nitrogen and oxygen atoms in total. The zero-order chi connectivity index (χ0) is 25.4. The normalized spacial score (nSPS) is 14.0. The van der Waals surface area contributed by atoms with Crippen LogP contribution in [0.1, 0.15) is 30.2 Å². The molecule has 0 radical (unpaired) electrons. The summed E-state index contributed by atoms with van der Waals surface area (Å²) in [7, 11) is 0. The van der Waals surface area contributed by atoms with Gasteiger partial charge in [0.15, 0.2) is 0 Å². The van der Waals surface area contributed by atoms with E-state index in [1.54, 1.807) is 6.20 Å². The lowest BCUT2D eigenvalue weighted by molar-refractivity contribution is -0.110. The Balaban J connectivity index is 1.26. The van der Waals surface area contributed by atoms with E-state index in [0.717, 1.165) is 52.0 Å². The predicted molar refractivity (Wildman–Crippen MR) is 148 cm³/mol. The van der Waals surface area contributed by atoms with Crippen LogP contribution in [0.5, 0.6) is 5.75 Å². The molecule has 6 rings (SSSR count). The monoisotopic (exact) mass is 489 g/mol. The number of rotatable bonds is 7. The van der Waals surface area contributed by atoms with Crippen molar-refractivity contribution in [2.75, 3.05) is 17.7 Å². The molecular formula is C30H27N5O2. The Hall–Kier alpha value is -4.78. The zero-order valence-electron chi connectivity index (χ0n) is 20.5. The van der Waals surface area contributed by atoms with Crippen LogP contribution < -0.4 is 15.8 Å². The van der Waals surface area contributed by atoms with Crippen LogP contribution >= 0.6 is 0 Å². The van der Waals surface area contributed by atoms with Crippen molar-refractivity contribution in [3.05, 3.63) is 96.1 Å². The number of amides is 1. The lowest BCUT2D eigenvalue weighted by Crippen LogP contribution is -2.05. The molecule has 0 atom stereocenters. The van der Waals surface area contributed by atoms with Crippen molar-refractivity contribution in [1.29, 1.82) is 0 Å². The predicted octanol–water partition coefficient (Wildman–Crippen LogP) is 6.03. The number of para-hydroxylation sites is 1. The summed E-state index contributed by atoms with van der Waals surface area (Å²) >= 11 is 0. The van der Waals surface area contributed by atoms with Gasteiger partial charge < -0.3 is 25.8 Å². The fraction of sp³-hybridized carbons (Fsp3) is 0.133. The summed E-state index contributed by atoms with van der Waals surface area (Å²) in [5, 5.41) is 4.22. The van der Waals surface area contributed by atoms with Gasteiger partial charge in [0.1, 0.15) is 11.6 Å². The van der Waals surface area contributed by atoms with Gasteiger partial charge in [0.05, 0.1) is 17.7 Å². The molecule has 0 saturated carbocycles. The molecule has 5 aromatic rings. The zero-order valence-corrected chi connectivity index (χ0v) is 20.5. The summed E-state index contributed by atoms with van der Waals surface area (Å²) in [5.74, 6) is 0.945. The van der Waals surface area contributed by atoms with E-state index in [2.05, 4.69) is 44.7 Å². The average molecular weight is 490 g/mol. The number of pyridine rings is 1. The van der Waals surface area contributed by atoms with Gasteiger partial charge in [-0.15, -0.1) is 0 Å². The smallest absolute Gasteiger partial charge is 0.256 e. The van der Waals surface area contributed by atoms with Crippen LogP contribution in [0.15, 0.2) is 79.3 Å². The van der Waals surface area contributed by atoms with Gasteiger partial charge in [-0.25, -0.2) is 4.98 Å². The molecule has 0 saturated heterocycles. The summed E-state index contributed by atoms with van der Waals surface area (Å²) in [6.07, 6.45) is 7.34. The number of H-pyrrole nitrogens is 2. The van der Waals surface area contributed by atoms with Crippen LogP contribution in [0.25, 0.3) is 33.2 Å². The number of fused-ring (bicyclic) bond motifs is 2. The maximum absolute atomic E-state index is 12.9. The minimum atomic E-state index is -0.118. The number of hydrogen-bond donors (Lipinski definition) is 4. The first-order valence-electron chi connectivity index (χ1n) is 12.3. The molecule has 0 bridgehead atoms. The number of hydrogen-bond acceptors (Lipinski definition) is 4. The summed E-state index contributed by atoms with van der Waals surface area (Å²) < 4.78 is 6.23. The van der Waals surface area contributed by atoms with Gasteiger partial charge in [-0.1, -0.05) is 24.3 Å². The van der Waals surface area contributed by atoms with Crippen LogP contribution in [0.4, 0.5) is 11.5 Å². The Morgan fingerprint density at radius 2 is 1.95 bits per heavy atom. The molecule has 1 aliphatic rings. The molecular weight excluding hydrogens is 462 g/mol. The van der Waals surface area contributed by atoms with Crippen molar-refractivity contribution in [2.24, 2.45) is 0 Å². The van der Waals surface area contributed by atoms with E-state index in [1.165, 1.54) is 10.9 Å². The van der Waals surface area contributed by atoms with Crippen molar-refractivity contribution < 1.29 is 9.53 Å². The van der Waals surface area contributed by atoms with E-state index >= 15 is 0 Å². The van der Waals surface area contributed by atoms with Crippen molar-refractivity contribution in [1.82, 2.24) is 15.0 Å². The van der Waals surface area contributed by atoms with E-state index in [0.29, 0.717) is 23.7 Å². The summed E-state index contributed by atoms with van der Waals surface area (Å²) in [6, 6.07) is 19.9. The van der Waals surface area contributed by atoms with Gasteiger partial charge in [0, 0.05) is 46.4 Å². The lowest BCUT2D eigenvalue weighted by atomic mass is 9.96. The number of nitrogen functional groups attached to an aromatic ring is 1. The Kier molecular flexibility index (Phi) is 5.73. The first-order chi connectivity index (χ1) is 18.1. The van der Waals surface area contributed by atoms with Crippen molar-refractivity contribution >= 4 is 39.5 Å². The number of allylic oxidation sites excluding steroid dienone is 1. The van der Waals surface area contributed by atoms with Gasteiger partial charge in [-0.2, -0.15) is 0 Å². The van der Waals surface area contributed by atoms with Crippen LogP contribution in [0.2, 0.25) is 0 Å². The first-order valence-corrected chi connectivity index (χ1v) is 12.3. The maximum Gasteiger partial charge on any atom is 0.256 e. The Bertz CT molecular complexity index is 1650. The topological polar surface area (TPSA) is 109 Å². The molecule has 0 unspecified atom stereocenters. The third-order valence-electron chi connectivity index (χ3n) is 6.89. The standard InChI is InChI=1S/C30H27N5O2/c1-18(23-9-4-13-32-23)27-22-16-19(10-11-25(22)35-30(27)36)28-26(12-14-33-29(28)31)37-15-5-6-20-17-34-24-8-3-2-7-21(20)24/h2-4,7-14,16-17,32,34H,5-6,15H2,1H3,(H2,31,33)(H,35,36). The van der Waals surface area contributed by atoms with Crippen LogP contribution in [0, 0.1) is 0 Å². The van der Waals surface area contributed by atoms with Crippen molar-refractivity contribution in [2.45, 2.75) is 19.8 Å². The number of nitrogens with two attached hydrogens (primary N) is 1. The molecule has 0 fully saturated rings. The van der Waals surface area contributed by atoms with Crippen molar-refractivity contribution in [3.63, 3.8) is 0 Å². The summed E-state index contributed by atoms with van der Waals surface area (Å²) in [5.41, 5.74) is 14.4. The highest BCUT2D eigenvalue weighted by Crippen LogP contribution is 2.41. The second-order valence-corrected chi connectivity index (χ2v) is 9.18. The Morgan fingerprint density at radius 3 is 2.81 bits per heavy atom. The number of nitrogens with zero attached hydrogens (tertiary/aromatic N) is 1. The third-order valence-corrected chi connectivity index (χ3v) is 6.89. The minimum Gasteiger partial charge on any atom is -0.493 e. The number of ether oxygens (including phenoxy) is 1. The second kappa shape index (κ2) is 9.35. The van der Waals surface area contributed by atoms with E-state index in [4.69, 9.17) is 10.5 Å². The fourth-order valence-corrected chi connectivity index (χ4v) is 5.05. The molecule has 3 aromatic heterocycles. The molecule has 7 heteroatoms. The Labute approximate surface area is 214 Å². The van der Waals surface area contributed by atoms with Crippen LogP contribution in [-0.4, -0.2) is 27.5 Å². The number of aromatic amines is 2. The van der Waals surface area contributed by atoms with Crippen LogP contribution in [0.3, 0.4) is 0 Å². The highest BCUT2D eigenvalue weighted by Gasteiger charge is 2.28. The summed E-state index contributed by atoms with van der Waals surface area (Å²) in [4.78, 5) is 23.7. The molecule has 0 aliphatic carbocycles. The summed E-state index contributed by atoms with van der Waals surface area (Å²) in [6.45, 7) is 2.49. The number of aromatic nitrogens is 3. The van der Waals surface area contributed by atoms with E-state index in [1.807, 2.05) is 55.6 Å². The van der Waals surface area contributed by atoms with Gasteiger partial charge >= 0.3 is 0 Å². The molecule has 1 amide bonds. The first kappa shape index (κ1) is 22.7.